The lowest BCUT2D eigenvalue weighted by Crippen LogP contribution is -2.14. The van der Waals surface area contributed by atoms with E-state index in [9.17, 15) is 9.59 Å². The van der Waals surface area contributed by atoms with Crippen molar-refractivity contribution in [1.82, 2.24) is 9.78 Å². The Morgan fingerprint density at radius 3 is 2.90 bits per heavy atom. The van der Waals surface area contributed by atoms with E-state index in [2.05, 4.69) is 10.4 Å². The molecule has 0 aliphatic heterocycles. The topological polar surface area (TPSA) is 84.2 Å². The van der Waals surface area contributed by atoms with Crippen LogP contribution in [0.4, 0.5) is 5.69 Å². The predicted octanol–water partition coefficient (Wildman–Crippen LogP) is 2.01. The summed E-state index contributed by atoms with van der Waals surface area (Å²) in [5.41, 5.74) is 1.34. The average molecular weight is 285 g/mol. The zero-order chi connectivity index (χ0) is 15.1. The molecule has 1 aromatic carbocycles. The maximum Gasteiger partial charge on any atom is 0.328 e. The van der Waals surface area contributed by atoms with Crippen LogP contribution in [-0.2, 0) is 16.1 Å². The van der Waals surface area contributed by atoms with Gasteiger partial charge in [0, 0.05) is 37.1 Å². The molecule has 6 heteroatoms. The fourth-order valence-corrected chi connectivity index (χ4v) is 1.76. The predicted molar refractivity (Wildman–Crippen MR) is 78.6 cm³/mol. The minimum Gasteiger partial charge on any atom is -0.478 e. The monoisotopic (exact) mass is 285 g/mol. The third-order valence-electron chi connectivity index (χ3n) is 2.72. The summed E-state index contributed by atoms with van der Waals surface area (Å²) in [7, 11) is 0. The van der Waals surface area contributed by atoms with E-state index in [0.717, 1.165) is 6.08 Å². The summed E-state index contributed by atoms with van der Waals surface area (Å²) in [5.74, 6) is -1.13. The van der Waals surface area contributed by atoms with Crippen LogP contribution >= 0.6 is 0 Å². The maximum absolute atomic E-state index is 11.8. The van der Waals surface area contributed by atoms with Crippen LogP contribution in [0.2, 0.25) is 0 Å². The second kappa shape index (κ2) is 7.04. The lowest BCUT2D eigenvalue weighted by molar-refractivity contribution is -0.131. The number of nitrogens with one attached hydrogen (secondary N) is 1. The molecule has 108 valence electrons. The van der Waals surface area contributed by atoms with Gasteiger partial charge in [-0.2, -0.15) is 5.10 Å². The van der Waals surface area contributed by atoms with Crippen molar-refractivity contribution in [2.45, 2.75) is 13.0 Å². The highest BCUT2D eigenvalue weighted by molar-refractivity contribution is 5.91. The van der Waals surface area contributed by atoms with Crippen molar-refractivity contribution in [1.29, 1.82) is 0 Å². The number of carboxylic acids is 1. The van der Waals surface area contributed by atoms with Gasteiger partial charge in [0.05, 0.1) is 0 Å². The van der Waals surface area contributed by atoms with Crippen LogP contribution in [0.15, 0.2) is 48.8 Å². The first-order chi connectivity index (χ1) is 10.1. The zero-order valence-electron chi connectivity index (χ0n) is 11.3. The van der Waals surface area contributed by atoms with Gasteiger partial charge in [-0.1, -0.05) is 12.1 Å². The molecule has 0 bridgehead atoms. The Bertz CT molecular complexity index is 648. The minimum absolute atomic E-state index is 0.120. The fraction of sp³-hybridized carbons (Fsp3) is 0.133. The number of carboxylic acid groups (broad SMARTS) is 1. The largest absolute Gasteiger partial charge is 0.478 e. The molecule has 2 N–H and O–H groups in total. The molecule has 0 spiro atoms. The summed E-state index contributed by atoms with van der Waals surface area (Å²) < 4.78 is 1.69. The second-order valence-electron chi connectivity index (χ2n) is 4.36. The van der Waals surface area contributed by atoms with Crippen molar-refractivity contribution in [3.63, 3.8) is 0 Å². The lowest BCUT2D eigenvalue weighted by Gasteiger charge is -2.06. The Kier molecular flexibility index (Phi) is 4.87. The summed E-state index contributed by atoms with van der Waals surface area (Å²) in [4.78, 5) is 22.3. The Hall–Kier alpha value is -2.89. The van der Waals surface area contributed by atoms with Gasteiger partial charge < -0.3 is 10.4 Å². The first-order valence-corrected chi connectivity index (χ1v) is 6.42. The molecule has 21 heavy (non-hydrogen) atoms. The number of hydrogen-bond acceptors (Lipinski definition) is 3. The maximum atomic E-state index is 11.8. The molecule has 1 amide bonds. The molecule has 2 rings (SSSR count). The Morgan fingerprint density at radius 1 is 1.33 bits per heavy atom. The highest BCUT2D eigenvalue weighted by Gasteiger charge is 2.03. The van der Waals surface area contributed by atoms with Gasteiger partial charge in [-0.05, 0) is 29.8 Å². The van der Waals surface area contributed by atoms with E-state index in [1.54, 1.807) is 47.4 Å². The van der Waals surface area contributed by atoms with Gasteiger partial charge >= 0.3 is 5.97 Å². The Balaban J connectivity index is 1.91. The number of carbonyl (C=O) groups excluding carboxylic acids is 1. The molecule has 0 aliphatic carbocycles. The number of nitrogens with zero attached hydrogens (tertiary/aromatic N) is 2. The van der Waals surface area contributed by atoms with E-state index >= 15 is 0 Å². The van der Waals surface area contributed by atoms with Crippen LogP contribution in [0.5, 0.6) is 0 Å². The van der Waals surface area contributed by atoms with Gasteiger partial charge in [0.15, 0.2) is 0 Å². The molecule has 0 aliphatic rings. The van der Waals surface area contributed by atoms with Crippen molar-refractivity contribution in [2.24, 2.45) is 0 Å². The van der Waals surface area contributed by atoms with Crippen LogP contribution in [0.25, 0.3) is 6.08 Å². The number of aromatic nitrogens is 2. The number of benzene rings is 1. The summed E-state index contributed by atoms with van der Waals surface area (Å²) >= 11 is 0. The molecule has 0 radical (unpaired) electrons. The van der Waals surface area contributed by atoms with E-state index in [1.165, 1.54) is 6.08 Å². The van der Waals surface area contributed by atoms with Crippen molar-refractivity contribution in [2.75, 3.05) is 5.32 Å². The summed E-state index contributed by atoms with van der Waals surface area (Å²) in [5, 5.41) is 15.4. The molecule has 6 nitrogen and oxygen atoms in total. The van der Waals surface area contributed by atoms with E-state index in [1.807, 2.05) is 0 Å². The van der Waals surface area contributed by atoms with Gasteiger partial charge in [-0.15, -0.1) is 0 Å². The minimum atomic E-state index is -1.01. The van der Waals surface area contributed by atoms with E-state index in [4.69, 9.17) is 5.11 Å². The Labute approximate surface area is 121 Å². The molecule has 0 saturated carbocycles. The van der Waals surface area contributed by atoms with Gasteiger partial charge in [0.2, 0.25) is 5.91 Å². The van der Waals surface area contributed by atoms with Crippen LogP contribution in [-0.4, -0.2) is 26.8 Å². The summed E-state index contributed by atoms with van der Waals surface area (Å²) in [6, 6.07) is 8.79. The first-order valence-electron chi connectivity index (χ1n) is 6.42. The third-order valence-corrected chi connectivity index (χ3v) is 2.72. The number of anilines is 1. The van der Waals surface area contributed by atoms with Crippen molar-refractivity contribution in [3.05, 3.63) is 54.4 Å². The molecule has 0 saturated heterocycles. The molecular weight excluding hydrogens is 270 g/mol. The van der Waals surface area contributed by atoms with Gasteiger partial charge in [-0.25, -0.2) is 4.79 Å². The number of rotatable bonds is 6. The standard InChI is InChI=1S/C15H15N3O3/c19-14(7-10-18-9-2-8-16-18)17-13-4-1-3-12(11-13)5-6-15(20)21/h1-6,8-9,11H,7,10H2,(H,17,19)(H,20,21)/b6-5+. The van der Waals surface area contributed by atoms with Crippen LogP contribution in [0.3, 0.4) is 0 Å². The number of carbonyl (C=O) groups is 2. The molecular formula is C15H15N3O3. The SMILES string of the molecule is O=C(O)/C=C/c1cccc(NC(=O)CCn2cccn2)c1. The smallest absolute Gasteiger partial charge is 0.328 e. The van der Waals surface area contributed by atoms with Gasteiger partial charge in [0.1, 0.15) is 0 Å². The molecule has 1 heterocycles. The van der Waals surface area contributed by atoms with Crippen LogP contribution in [0.1, 0.15) is 12.0 Å². The molecule has 0 atom stereocenters. The normalized spacial score (nSPS) is 10.7. The highest BCUT2D eigenvalue weighted by atomic mass is 16.4. The highest BCUT2D eigenvalue weighted by Crippen LogP contribution is 2.12. The Morgan fingerprint density at radius 2 is 2.19 bits per heavy atom. The zero-order valence-corrected chi connectivity index (χ0v) is 11.3. The van der Waals surface area contributed by atoms with Crippen LogP contribution in [0, 0.1) is 0 Å². The number of amides is 1. The fourth-order valence-electron chi connectivity index (χ4n) is 1.76. The van der Waals surface area contributed by atoms with Crippen molar-refractivity contribution in [3.8, 4) is 0 Å². The third kappa shape index (κ3) is 4.94. The van der Waals surface area contributed by atoms with Crippen molar-refractivity contribution >= 4 is 23.6 Å². The summed E-state index contributed by atoms with van der Waals surface area (Å²) in [6.45, 7) is 0.511. The first kappa shape index (κ1) is 14.5. The summed E-state index contributed by atoms with van der Waals surface area (Å²) in [6.07, 6.45) is 6.30. The molecule has 2 aromatic rings. The average Bonchev–Trinajstić information content (AvgIpc) is 2.97. The van der Waals surface area contributed by atoms with E-state index in [0.29, 0.717) is 24.2 Å². The van der Waals surface area contributed by atoms with Gasteiger partial charge in [0.25, 0.3) is 0 Å². The number of aliphatic carboxylic acids is 1. The lowest BCUT2D eigenvalue weighted by atomic mass is 10.2. The number of hydrogen-bond donors (Lipinski definition) is 2. The number of aryl methyl sites for hydroxylation is 1. The van der Waals surface area contributed by atoms with Crippen molar-refractivity contribution < 1.29 is 14.7 Å². The molecule has 0 unspecified atom stereocenters. The molecule has 0 fully saturated rings. The quantitative estimate of drug-likeness (QED) is 0.795. The second-order valence-corrected chi connectivity index (χ2v) is 4.36. The van der Waals surface area contributed by atoms with E-state index in [-0.39, 0.29) is 5.91 Å². The molecule has 1 aromatic heterocycles. The van der Waals surface area contributed by atoms with Crippen LogP contribution < -0.4 is 5.32 Å². The van der Waals surface area contributed by atoms with E-state index < -0.39 is 5.97 Å². The van der Waals surface area contributed by atoms with Gasteiger partial charge in [-0.3, -0.25) is 9.48 Å².